The second-order valence-electron chi connectivity index (χ2n) is 4.64. The molecule has 4 nitrogen and oxygen atoms in total. The number of halogens is 3. The van der Waals surface area contributed by atoms with Crippen LogP contribution in [-0.2, 0) is 20.7 Å². The van der Waals surface area contributed by atoms with Crippen molar-refractivity contribution < 1.29 is 23.1 Å². The SMILES string of the molecule is O=C(COC(=O)Cc1cccc(F)c1)Nc1cc(F)ccc1Cl. The largest absolute Gasteiger partial charge is 0.455 e. The third kappa shape index (κ3) is 5.34. The fourth-order valence-corrected chi connectivity index (χ4v) is 1.96. The summed E-state index contributed by atoms with van der Waals surface area (Å²) >= 11 is 5.80. The van der Waals surface area contributed by atoms with Gasteiger partial charge in [-0.25, -0.2) is 8.78 Å². The maximum absolute atomic E-state index is 13.1. The predicted molar refractivity (Wildman–Crippen MR) is 81.1 cm³/mol. The molecule has 0 radical (unpaired) electrons. The molecule has 1 amide bonds. The van der Waals surface area contributed by atoms with Crippen molar-refractivity contribution in [3.05, 3.63) is 64.7 Å². The summed E-state index contributed by atoms with van der Waals surface area (Å²) in [6.45, 7) is -0.555. The van der Waals surface area contributed by atoms with Crippen molar-refractivity contribution in [3.63, 3.8) is 0 Å². The smallest absolute Gasteiger partial charge is 0.310 e. The fourth-order valence-electron chi connectivity index (χ4n) is 1.79. The van der Waals surface area contributed by atoms with E-state index in [1.807, 2.05) is 0 Å². The quantitative estimate of drug-likeness (QED) is 0.850. The number of rotatable bonds is 5. The number of amides is 1. The van der Waals surface area contributed by atoms with E-state index in [4.69, 9.17) is 16.3 Å². The first-order valence-corrected chi connectivity index (χ1v) is 6.97. The van der Waals surface area contributed by atoms with Gasteiger partial charge in [0.25, 0.3) is 5.91 Å². The lowest BCUT2D eigenvalue weighted by molar-refractivity contribution is -0.146. The van der Waals surface area contributed by atoms with E-state index in [-0.39, 0.29) is 17.1 Å². The third-order valence-electron chi connectivity index (χ3n) is 2.80. The van der Waals surface area contributed by atoms with Crippen molar-refractivity contribution >= 4 is 29.2 Å². The monoisotopic (exact) mass is 339 g/mol. The first kappa shape index (κ1) is 16.9. The van der Waals surface area contributed by atoms with Crippen LogP contribution in [0, 0.1) is 11.6 Å². The van der Waals surface area contributed by atoms with Crippen molar-refractivity contribution in [1.29, 1.82) is 0 Å². The molecule has 0 aromatic heterocycles. The molecule has 7 heteroatoms. The summed E-state index contributed by atoms with van der Waals surface area (Å²) in [6, 6.07) is 8.99. The highest BCUT2D eigenvalue weighted by Crippen LogP contribution is 2.22. The molecule has 0 aliphatic rings. The average Bonchev–Trinajstić information content (AvgIpc) is 2.49. The van der Waals surface area contributed by atoms with Crippen LogP contribution in [0.2, 0.25) is 5.02 Å². The van der Waals surface area contributed by atoms with E-state index < -0.39 is 30.1 Å². The number of carbonyl (C=O) groups excluding carboxylic acids is 2. The van der Waals surface area contributed by atoms with Crippen LogP contribution in [0.15, 0.2) is 42.5 Å². The molecule has 2 rings (SSSR count). The Balaban J connectivity index is 1.84. The average molecular weight is 340 g/mol. The van der Waals surface area contributed by atoms with Crippen LogP contribution >= 0.6 is 11.6 Å². The summed E-state index contributed by atoms with van der Waals surface area (Å²) in [5.41, 5.74) is 0.515. The Labute approximate surface area is 136 Å². The summed E-state index contributed by atoms with van der Waals surface area (Å²) in [6.07, 6.45) is -0.161. The zero-order valence-electron chi connectivity index (χ0n) is 11.8. The highest BCUT2D eigenvalue weighted by atomic mass is 35.5. The number of hydrogen-bond donors (Lipinski definition) is 1. The molecule has 0 heterocycles. The van der Waals surface area contributed by atoms with Gasteiger partial charge in [0.15, 0.2) is 6.61 Å². The van der Waals surface area contributed by atoms with Gasteiger partial charge in [-0.2, -0.15) is 0 Å². The highest BCUT2D eigenvalue weighted by Gasteiger charge is 2.11. The highest BCUT2D eigenvalue weighted by molar-refractivity contribution is 6.33. The van der Waals surface area contributed by atoms with Gasteiger partial charge in [-0.1, -0.05) is 23.7 Å². The van der Waals surface area contributed by atoms with Crippen LogP contribution < -0.4 is 5.32 Å². The minimum absolute atomic E-state index is 0.0813. The molecule has 0 saturated heterocycles. The minimum atomic E-state index is -0.684. The van der Waals surface area contributed by atoms with Gasteiger partial charge < -0.3 is 10.1 Å². The van der Waals surface area contributed by atoms with Crippen molar-refractivity contribution in [3.8, 4) is 0 Å². The maximum Gasteiger partial charge on any atom is 0.310 e. The van der Waals surface area contributed by atoms with Gasteiger partial charge in [-0.15, -0.1) is 0 Å². The molecular weight excluding hydrogens is 328 g/mol. The van der Waals surface area contributed by atoms with Crippen LogP contribution in [0.25, 0.3) is 0 Å². The van der Waals surface area contributed by atoms with Crippen molar-refractivity contribution in [1.82, 2.24) is 0 Å². The molecule has 0 spiro atoms. The van der Waals surface area contributed by atoms with Gasteiger partial charge in [-0.05, 0) is 35.9 Å². The minimum Gasteiger partial charge on any atom is -0.455 e. The van der Waals surface area contributed by atoms with Crippen molar-refractivity contribution in [2.75, 3.05) is 11.9 Å². The molecule has 0 aliphatic heterocycles. The number of ether oxygens (including phenoxy) is 1. The molecular formula is C16H12ClF2NO3. The first-order chi connectivity index (χ1) is 10.9. The van der Waals surface area contributed by atoms with Gasteiger partial charge in [0.2, 0.25) is 0 Å². The first-order valence-electron chi connectivity index (χ1n) is 6.59. The normalized spacial score (nSPS) is 10.2. The third-order valence-corrected chi connectivity index (χ3v) is 3.13. The van der Waals surface area contributed by atoms with Crippen LogP contribution in [0.1, 0.15) is 5.56 Å². The Morgan fingerprint density at radius 1 is 1.09 bits per heavy atom. The zero-order chi connectivity index (χ0) is 16.8. The van der Waals surface area contributed by atoms with Crippen molar-refractivity contribution in [2.24, 2.45) is 0 Å². The summed E-state index contributed by atoms with van der Waals surface area (Å²) < 4.78 is 30.8. The van der Waals surface area contributed by atoms with E-state index in [1.165, 1.54) is 24.3 Å². The molecule has 0 aliphatic carbocycles. The molecule has 1 N–H and O–H groups in total. The lowest BCUT2D eigenvalue weighted by Gasteiger charge is -2.08. The van der Waals surface area contributed by atoms with E-state index in [2.05, 4.69) is 5.32 Å². The van der Waals surface area contributed by atoms with Gasteiger partial charge >= 0.3 is 5.97 Å². The standard InChI is InChI=1S/C16H12ClF2NO3/c17-13-5-4-12(19)8-14(13)20-15(21)9-23-16(22)7-10-2-1-3-11(18)6-10/h1-6,8H,7,9H2,(H,20,21). The number of benzene rings is 2. The number of esters is 1. The Bertz CT molecular complexity index is 737. The Morgan fingerprint density at radius 3 is 2.57 bits per heavy atom. The van der Waals surface area contributed by atoms with Crippen LogP contribution in [0.5, 0.6) is 0 Å². The summed E-state index contributed by atoms with van der Waals surface area (Å²) in [5, 5.41) is 2.49. The number of anilines is 1. The van der Waals surface area contributed by atoms with E-state index in [0.29, 0.717) is 5.56 Å². The Hall–Kier alpha value is -2.47. The van der Waals surface area contributed by atoms with E-state index in [0.717, 1.165) is 12.1 Å². The molecule has 2 aromatic carbocycles. The second-order valence-corrected chi connectivity index (χ2v) is 5.05. The second kappa shape index (κ2) is 7.69. The summed E-state index contributed by atoms with van der Waals surface area (Å²) in [5.74, 6) is -2.37. The molecule has 23 heavy (non-hydrogen) atoms. The topological polar surface area (TPSA) is 55.4 Å². The van der Waals surface area contributed by atoms with Gasteiger partial charge in [0, 0.05) is 0 Å². The fraction of sp³-hybridized carbons (Fsp3) is 0.125. The molecule has 0 fully saturated rings. The Kier molecular flexibility index (Phi) is 5.65. The van der Waals surface area contributed by atoms with Gasteiger partial charge in [-0.3, -0.25) is 9.59 Å². The van der Waals surface area contributed by atoms with Crippen LogP contribution in [-0.4, -0.2) is 18.5 Å². The predicted octanol–water partition coefficient (Wildman–Crippen LogP) is 3.34. The number of hydrogen-bond acceptors (Lipinski definition) is 3. The van der Waals surface area contributed by atoms with E-state index in [1.54, 1.807) is 6.07 Å². The number of nitrogens with one attached hydrogen (secondary N) is 1. The molecule has 0 saturated carbocycles. The lowest BCUT2D eigenvalue weighted by Crippen LogP contribution is -2.21. The molecule has 2 aromatic rings. The van der Waals surface area contributed by atoms with Gasteiger partial charge in [0.05, 0.1) is 17.1 Å². The van der Waals surface area contributed by atoms with E-state index >= 15 is 0 Å². The molecule has 0 atom stereocenters. The molecule has 0 unspecified atom stereocenters. The van der Waals surface area contributed by atoms with Crippen molar-refractivity contribution in [2.45, 2.75) is 6.42 Å². The molecule has 0 bridgehead atoms. The summed E-state index contributed by atoms with van der Waals surface area (Å²) in [4.78, 5) is 23.2. The number of carbonyl (C=O) groups is 2. The van der Waals surface area contributed by atoms with Crippen LogP contribution in [0.3, 0.4) is 0 Å². The molecule has 120 valence electrons. The van der Waals surface area contributed by atoms with Gasteiger partial charge in [0.1, 0.15) is 11.6 Å². The summed E-state index contributed by atoms with van der Waals surface area (Å²) in [7, 11) is 0. The Morgan fingerprint density at radius 2 is 1.83 bits per heavy atom. The van der Waals surface area contributed by atoms with E-state index in [9.17, 15) is 18.4 Å². The van der Waals surface area contributed by atoms with Crippen LogP contribution in [0.4, 0.5) is 14.5 Å². The maximum atomic E-state index is 13.1. The lowest BCUT2D eigenvalue weighted by atomic mass is 10.1. The zero-order valence-corrected chi connectivity index (χ0v) is 12.6.